The fraction of sp³-hybridized carbons (Fsp3) is 0.300. The van der Waals surface area contributed by atoms with Crippen LogP contribution in [-0.2, 0) is 23.2 Å². The van der Waals surface area contributed by atoms with Crippen LogP contribution in [0.15, 0.2) is 84.9 Å². The number of hydrogen-bond donors (Lipinski definition) is 0. The van der Waals surface area contributed by atoms with Crippen LogP contribution in [0.2, 0.25) is 5.02 Å². The minimum atomic E-state index is -0.327. The zero-order chi connectivity index (χ0) is 32.5. The van der Waals surface area contributed by atoms with Gasteiger partial charge in [0, 0.05) is 41.6 Å². The topological polar surface area (TPSA) is 60.8 Å². The molecule has 6 nitrogen and oxygen atoms in total. The van der Waals surface area contributed by atoms with Crippen molar-refractivity contribution in [2.45, 2.75) is 57.5 Å². The Morgan fingerprint density at radius 2 is 1.62 bits per heavy atom. The Bertz CT molecular complexity index is 1940. The molecule has 240 valence electrons. The number of benzene rings is 4. The van der Waals surface area contributed by atoms with Crippen LogP contribution in [0, 0.1) is 0 Å². The first-order valence-electron chi connectivity index (χ1n) is 16.5. The highest BCUT2D eigenvalue weighted by Gasteiger charge is 2.26. The van der Waals surface area contributed by atoms with E-state index in [9.17, 15) is 9.59 Å². The summed E-state index contributed by atoms with van der Waals surface area (Å²) in [6.45, 7) is 1.09. The molecular weight excluding hydrogens is 608 g/mol. The number of ether oxygens (including phenoxy) is 2. The molecule has 1 saturated heterocycles. The molecule has 0 radical (unpaired) electrons. The van der Waals surface area contributed by atoms with Crippen LogP contribution in [-0.4, -0.2) is 30.1 Å². The second-order valence-corrected chi connectivity index (χ2v) is 13.1. The maximum absolute atomic E-state index is 12.5. The second-order valence-electron chi connectivity index (χ2n) is 12.7. The molecule has 5 aromatic rings. The summed E-state index contributed by atoms with van der Waals surface area (Å²) in [7, 11) is 3.51. The van der Waals surface area contributed by atoms with Crippen molar-refractivity contribution in [3.63, 3.8) is 0 Å². The lowest BCUT2D eigenvalue weighted by molar-refractivity contribution is -0.117. The summed E-state index contributed by atoms with van der Waals surface area (Å²) in [5.41, 5.74) is 9.27. The summed E-state index contributed by atoms with van der Waals surface area (Å²) >= 11 is 6.19. The number of carbonyl (C=O) groups excluding carboxylic acids is 2. The van der Waals surface area contributed by atoms with Crippen molar-refractivity contribution in [3.05, 3.63) is 107 Å². The van der Waals surface area contributed by atoms with Crippen molar-refractivity contribution in [2.75, 3.05) is 18.6 Å². The number of amides is 1. The third-order valence-corrected chi connectivity index (χ3v) is 10.1. The Morgan fingerprint density at radius 1 is 0.872 bits per heavy atom. The van der Waals surface area contributed by atoms with Crippen molar-refractivity contribution in [2.24, 2.45) is 7.05 Å². The number of methoxy groups -OCH3 is 1. The average molecular weight is 647 g/mol. The summed E-state index contributed by atoms with van der Waals surface area (Å²) in [4.78, 5) is 26.8. The van der Waals surface area contributed by atoms with Gasteiger partial charge >= 0.3 is 5.97 Å². The molecule has 0 atom stereocenters. The van der Waals surface area contributed by atoms with Gasteiger partial charge in [-0.1, -0.05) is 55.1 Å². The SMILES string of the molecule is COC(=O)c1ccc2c(C3CCCCC3)c(-c3ccc(OCc4cc(N5CCCC5=O)ccc4-c4ccc(Cl)cc4)cc3)n(C)c2c1. The highest BCUT2D eigenvalue weighted by Crippen LogP contribution is 2.44. The van der Waals surface area contributed by atoms with Crippen LogP contribution in [0.4, 0.5) is 5.69 Å². The molecule has 0 N–H and O–H groups in total. The van der Waals surface area contributed by atoms with Gasteiger partial charge in [0.25, 0.3) is 0 Å². The predicted octanol–water partition coefficient (Wildman–Crippen LogP) is 9.71. The fourth-order valence-electron chi connectivity index (χ4n) is 7.43. The van der Waals surface area contributed by atoms with E-state index in [1.54, 1.807) is 0 Å². The molecule has 1 aliphatic carbocycles. The van der Waals surface area contributed by atoms with Crippen molar-refractivity contribution in [3.8, 4) is 28.1 Å². The molecule has 1 aliphatic heterocycles. The van der Waals surface area contributed by atoms with Gasteiger partial charge in [0.15, 0.2) is 0 Å². The second kappa shape index (κ2) is 13.3. The van der Waals surface area contributed by atoms with E-state index >= 15 is 0 Å². The lowest BCUT2D eigenvalue weighted by atomic mass is 9.82. The first-order chi connectivity index (χ1) is 22.9. The van der Waals surface area contributed by atoms with Gasteiger partial charge in [0.05, 0.1) is 18.4 Å². The summed E-state index contributed by atoms with van der Waals surface area (Å²) in [5.74, 6) is 1.08. The van der Waals surface area contributed by atoms with E-state index in [1.165, 1.54) is 55.9 Å². The van der Waals surface area contributed by atoms with Crippen LogP contribution in [0.1, 0.15) is 72.3 Å². The molecule has 1 aromatic heterocycles. The van der Waals surface area contributed by atoms with Crippen molar-refractivity contribution < 1.29 is 19.1 Å². The maximum atomic E-state index is 12.5. The number of halogens is 1. The van der Waals surface area contributed by atoms with Gasteiger partial charge in [-0.25, -0.2) is 4.79 Å². The van der Waals surface area contributed by atoms with Crippen molar-refractivity contribution >= 4 is 40.1 Å². The molecule has 1 amide bonds. The smallest absolute Gasteiger partial charge is 0.337 e. The predicted molar refractivity (Wildman–Crippen MR) is 188 cm³/mol. The van der Waals surface area contributed by atoms with E-state index in [4.69, 9.17) is 21.1 Å². The minimum absolute atomic E-state index is 0.161. The van der Waals surface area contributed by atoms with Crippen LogP contribution >= 0.6 is 11.6 Å². The standard InChI is InChI=1S/C40H39ClN2O4/c1-42-36-24-29(40(45)46-2)14-20-35(36)38(27-7-4-3-5-8-27)39(42)28-12-18-33(19-13-28)47-25-30-23-32(43-22-6-9-37(43)44)17-21-34(30)26-10-15-31(41)16-11-26/h10-21,23-24,27H,3-9,22,25H2,1-2H3. The monoisotopic (exact) mass is 646 g/mol. The molecule has 47 heavy (non-hydrogen) atoms. The van der Waals surface area contributed by atoms with E-state index < -0.39 is 0 Å². The number of carbonyl (C=O) groups is 2. The first-order valence-corrected chi connectivity index (χ1v) is 16.9. The summed E-state index contributed by atoms with van der Waals surface area (Å²) in [6, 6.07) is 28.3. The Hall–Kier alpha value is -4.55. The summed E-state index contributed by atoms with van der Waals surface area (Å²) in [6.07, 6.45) is 7.56. The minimum Gasteiger partial charge on any atom is -0.489 e. The number of aromatic nitrogens is 1. The molecular formula is C40H39ClN2O4. The van der Waals surface area contributed by atoms with E-state index in [0.717, 1.165) is 52.2 Å². The molecule has 2 aliphatic rings. The van der Waals surface area contributed by atoms with E-state index in [0.29, 0.717) is 29.5 Å². The molecule has 0 bridgehead atoms. The lowest BCUT2D eigenvalue weighted by Gasteiger charge is -2.23. The molecule has 1 saturated carbocycles. The third kappa shape index (κ3) is 6.15. The van der Waals surface area contributed by atoms with Crippen LogP contribution in [0.25, 0.3) is 33.3 Å². The quantitative estimate of drug-likeness (QED) is 0.158. The molecule has 2 heterocycles. The largest absolute Gasteiger partial charge is 0.489 e. The number of nitrogens with zero attached hydrogens (tertiary/aromatic N) is 2. The van der Waals surface area contributed by atoms with Crippen LogP contribution in [0.5, 0.6) is 5.75 Å². The third-order valence-electron chi connectivity index (χ3n) is 9.83. The highest BCUT2D eigenvalue weighted by atomic mass is 35.5. The highest BCUT2D eigenvalue weighted by molar-refractivity contribution is 6.30. The zero-order valence-corrected chi connectivity index (χ0v) is 27.7. The number of aryl methyl sites for hydroxylation is 1. The molecule has 7 heteroatoms. The van der Waals surface area contributed by atoms with Crippen molar-refractivity contribution in [1.82, 2.24) is 4.57 Å². The Balaban J connectivity index is 1.20. The normalized spacial score (nSPS) is 15.4. The van der Waals surface area contributed by atoms with E-state index in [1.807, 2.05) is 59.5 Å². The van der Waals surface area contributed by atoms with Gasteiger partial charge in [-0.15, -0.1) is 0 Å². The molecule has 0 unspecified atom stereocenters. The van der Waals surface area contributed by atoms with Gasteiger partial charge in [-0.2, -0.15) is 0 Å². The zero-order valence-electron chi connectivity index (χ0n) is 26.9. The van der Waals surface area contributed by atoms with Gasteiger partial charge in [0.2, 0.25) is 5.91 Å². The number of rotatable bonds is 8. The van der Waals surface area contributed by atoms with Gasteiger partial charge in [-0.05, 0) is 114 Å². The lowest BCUT2D eigenvalue weighted by Crippen LogP contribution is -2.23. The van der Waals surface area contributed by atoms with Crippen LogP contribution < -0.4 is 9.64 Å². The number of esters is 1. The number of hydrogen-bond acceptors (Lipinski definition) is 4. The Labute approximate surface area is 280 Å². The van der Waals surface area contributed by atoms with Gasteiger partial charge in [-0.3, -0.25) is 4.79 Å². The van der Waals surface area contributed by atoms with Gasteiger partial charge in [0.1, 0.15) is 12.4 Å². The van der Waals surface area contributed by atoms with E-state index in [2.05, 4.69) is 41.9 Å². The molecule has 4 aromatic carbocycles. The summed E-state index contributed by atoms with van der Waals surface area (Å²) < 4.78 is 13.7. The fourth-order valence-corrected chi connectivity index (χ4v) is 7.56. The van der Waals surface area contributed by atoms with Crippen molar-refractivity contribution in [1.29, 1.82) is 0 Å². The van der Waals surface area contributed by atoms with Crippen LogP contribution in [0.3, 0.4) is 0 Å². The first kappa shape index (κ1) is 31.1. The van der Waals surface area contributed by atoms with E-state index in [-0.39, 0.29) is 11.9 Å². The molecule has 7 rings (SSSR count). The Kier molecular flexibility index (Phi) is 8.78. The molecule has 0 spiro atoms. The average Bonchev–Trinajstić information content (AvgIpc) is 3.67. The number of anilines is 1. The Morgan fingerprint density at radius 3 is 2.32 bits per heavy atom. The van der Waals surface area contributed by atoms with Gasteiger partial charge < -0.3 is 18.9 Å². The summed E-state index contributed by atoms with van der Waals surface area (Å²) in [5, 5.41) is 1.89. The number of fused-ring (bicyclic) bond motifs is 1. The molecule has 2 fully saturated rings. The maximum Gasteiger partial charge on any atom is 0.337 e.